The summed E-state index contributed by atoms with van der Waals surface area (Å²) in [6, 6.07) is 1.52. The van der Waals surface area contributed by atoms with Crippen molar-refractivity contribution in [2.24, 2.45) is 0 Å². The highest BCUT2D eigenvalue weighted by Crippen LogP contribution is 2.15. The molecule has 0 heterocycles. The van der Waals surface area contributed by atoms with Crippen LogP contribution in [0, 0.1) is 17.5 Å². The Bertz CT molecular complexity index is 608. The van der Waals surface area contributed by atoms with Gasteiger partial charge < -0.3 is 10.1 Å². The van der Waals surface area contributed by atoms with Gasteiger partial charge >= 0.3 is 5.97 Å². The minimum Gasteiger partial charge on any atom is -0.466 e. The van der Waals surface area contributed by atoms with Gasteiger partial charge in [0.15, 0.2) is 17.5 Å². The second-order valence-corrected chi connectivity index (χ2v) is 6.42. The first kappa shape index (κ1) is 23.0. The molecule has 0 aliphatic heterocycles. The quantitative estimate of drug-likeness (QED) is 0.297. The lowest BCUT2D eigenvalue weighted by Gasteiger charge is -2.08. The van der Waals surface area contributed by atoms with E-state index >= 15 is 0 Å². The fourth-order valence-corrected chi connectivity index (χ4v) is 2.57. The van der Waals surface area contributed by atoms with Crippen molar-refractivity contribution < 1.29 is 27.5 Å². The highest BCUT2D eigenvalue weighted by atomic mass is 19.2. The summed E-state index contributed by atoms with van der Waals surface area (Å²) in [4.78, 5) is 23.3. The van der Waals surface area contributed by atoms with E-state index in [9.17, 15) is 22.8 Å². The van der Waals surface area contributed by atoms with Crippen LogP contribution in [0.1, 0.15) is 75.1 Å². The molecule has 0 radical (unpaired) electrons. The largest absolute Gasteiger partial charge is 0.466 e. The predicted molar refractivity (Wildman–Crippen MR) is 96.8 cm³/mol. The van der Waals surface area contributed by atoms with E-state index in [2.05, 4.69) is 12.2 Å². The maximum atomic E-state index is 13.5. The van der Waals surface area contributed by atoms with Crippen LogP contribution in [0.3, 0.4) is 0 Å². The van der Waals surface area contributed by atoms with E-state index in [0.29, 0.717) is 12.7 Å². The number of esters is 1. The van der Waals surface area contributed by atoms with Gasteiger partial charge in [-0.3, -0.25) is 9.59 Å². The van der Waals surface area contributed by atoms with Gasteiger partial charge in [0.25, 0.3) is 5.91 Å². The Morgan fingerprint density at radius 1 is 0.926 bits per heavy atom. The second-order valence-electron chi connectivity index (χ2n) is 6.42. The lowest BCUT2D eigenvalue weighted by Crippen LogP contribution is -2.27. The zero-order valence-corrected chi connectivity index (χ0v) is 15.8. The summed E-state index contributed by atoms with van der Waals surface area (Å²) in [6.07, 6.45) is 9.06. The summed E-state index contributed by atoms with van der Waals surface area (Å²) in [5.41, 5.74) is -0.610. The second kappa shape index (κ2) is 13.2. The highest BCUT2D eigenvalue weighted by molar-refractivity contribution is 5.94. The molecule has 0 aliphatic carbocycles. The summed E-state index contributed by atoms with van der Waals surface area (Å²) in [7, 11) is 0. The Labute approximate surface area is 158 Å². The summed E-state index contributed by atoms with van der Waals surface area (Å²) in [5, 5.41) is 2.28. The molecule has 0 saturated carbocycles. The van der Waals surface area contributed by atoms with Crippen molar-refractivity contribution in [3.63, 3.8) is 0 Å². The summed E-state index contributed by atoms with van der Waals surface area (Å²) >= 11 is 0. The first-order valence-corrected chi connectivity index (χ1v) is 9.54. The van der Waals surface area contributed by atoms with Crippen LogP contribution in [-0.4, -0.2) is 25.0 Å². The molecule has 0 bridgehead atoms. The first-order valence-electron chi connectivity index (χ1n) is 9.54. The van der Waals surface area contributed by atoms with E-state index in [1.807, 2.05) is 0 Å². The van der Waals surface area contributed by atoms with Crippen LogP contribution in [0.4, 0.5) is 13.2 Å². The van der Waals surface area contributed by atoms with Gasteiger partial charge in [-0.15, -0.1) is 0 Å². The van der Waals surface area contributed by atoms with Crippen LogP contribution in [0.15, 0.2) is 12.1 Å². The minimum atomic E-state index is -1.70. The fraction of sp³-hybridized carbons (Fsp3) is 0.600. The predicted octanol–water partition coefficient (Wildman–Crippen LogP) is 4.91. The van der Waals surface area contributed by atoms with Gasteiger partial charge in [0.2, 0.25) is 0 Å². The van der Waals surface area contributed by atoms with Gasteiger partial charge in [-0.25, -0.2) is 13.2 Å². The number of nitrogens with one attached hydrogen (secondary N) is 1. The number of ether oxygens (including phenoxy) is 1. The summed E-state index contributed by atoms with van der Waals surface area (Å²) in [6.45, 7) is 2.44. The average molecular weight is 387 g/mol. The number of carbonyl (C=O) groups excluding carboxylic acids is 2. The van der Waals surface area contributed by atoms with E-state index in [0.717, 1.165) is 25.3 Å². The maximum absolute atomic E-state index is 13.5. The molecular formula is C20H28F3NO3. The van der Waals surface area contributed by atoms with Crippen molar-refractivity contribution in [1.29, 1.82) is 0 Å². The Kier molecular flexibility index (Phi) is 11.2. The normalized spacial score (nSPS) is 10.7. The molecule has 0 aromatic heterocycles. The van der Waals surface area contributed by atoms with E-state index in [4.69, 9.17) is 4.74 Å². The Hall–Kier alpha value is -2.05. The van der Waals surface area contributed by atoms with Crippen molar-refractivity contribution in [2.75, 3.05) is 13.2 Å². The third kappa shape index (κ3) is 8.93. The van der Waals surface area contributed by atoms with Crippen molar-refractivity contribution in [1.82, 2.24) is 5.32 Å². The summed E-state index contributed by atoms with van der Waals surface area (Å²) < 4.78 is 44.5. The van der Waals surface area contributed by atoms with Crippen molar-refractivity contribution >= 4 is 11.9 Å². The lowest BCUT2D eigenvalue weighted by atomic mass is 10.1. The van der Waals surface area contributed by atoms with Gasteiger partial charge in [0, 0.05) is 6.54 Å². The molecule has 7 heteroatoms. The maximum Gasteiger partial charge on any atom is 0.307 e. The molecule has 0 unspecified atom stereocenters. The molecule has 27 heavy (non-hydrogen) atoms. The third-order valence-electron chi connectivity index (χ3n) is 4.16. The number of carbonyl (C=O) groups is 2. The number of unbranched alkanes of at least 4 members (excludes halogenated alkanes) is 7. The lowest BCUT2D eigenvalue weighted by molar-refractivity contribution is -0.143. The number of amides is 1. The molecular weight excluding hydrogens is 359 g/mol. The number of hydrogen-bond acceptors (Lipinski definition) is 3. The molecule has 1 N–H and O–H groups in total. The molecule has 0 spiro atoms. The van der Waals surface area contributed by atoms with Gasteiger partial charge in [0.05, 0.1) is 18.6 Å². The highest BCUT2D eigenvalue weighted by Gasteiger charge is 2.18. The number of halogens is 3. The molecule has 1 aromatic carbocycles. The molecule has 4 nitrogen and oxygen atoms in total. The van der Waals surface area contributed by atoms with Crippen LogP contribution >= 0.6 is 0 Å². The Morgan fingerprint density at radius 2 is 1.56 bits per heavy atom. The molecule has 0 fully saturated rings. The van der Waals surface area contributed by atoms with Crippen LogP contribution < -0.4 is 5.32 Å². The fourth-order valence-electron chi connectivity index (χ4n) is 2.57. The zero-order chi connectivity index (χ0) is 20.1. The van der Waals surface area contributed by atoms with E-state index in [1.54, 1.807) is 0 Å². The molecule has 152 valence electrons. The van der Waals surface area contributed by atoms with E-state index in [1.165, 1.54) is 32.1 Å². The van der Waals surface area contributed by atoms with Crippen LogP contribution in [0.25, 0.3) is 0 Å². The van der Waals surface area contributed by atoms with Gasteiger partial charge in [-0.1, -0.05) is 51.9 Å². The molecule has 1 aromatic rings. The first-order chi connectivity index (χ1) is 13.0. The average Bonchev–Trinajstić information content (AvgIpc) is 2.64. The van der Waals surface area contributed by atoms with Crippen molar-refractivity contribution in [2.45, 2.75) is 64.7 Å². The molecule has 1 rings (SSSR count). The molecule has 1 amide bonds. The number of benzene rings is 1. The topological polar surface area (TPSA) is 55.4 Å². The standard InChI is InChI=1S/C20H28F3NO3/c1-2-3-4-5-6-7-8-9-14-27-17(25)12-13-24-20(26)15-10-11-16(21)19(23)18(15)22/h10-11H,2-9,12-14H2,1H3,(H,24,26). The summed E-state index contributed by atoms with van der Waals surface area (Å²) in [5.74, 6) is -6.00. The van der Waals surface area contributed by atoms with Gasteiger partial charge in [-0.05, 0) is 18.6 Å². The Balaban J connectivity index is 2.12. The minimum absolute atomic E-state index is 0.0753. The molecule has 0 saturated heterocycles. The van der Waals surface area contributed by atoms with Crippen LogP contribution in [-0.2, 0) is 9.53 Å². The van der Waals surface area contributed by atoms with Gasteiger partial charge in [0.1, 0.15) is 0 Å². The van der Waals surface area contributed by atoms with Crippen molar-refractivity contribution in [3.8, 4) is 0 Å². The van der Waals surface area contributed by atoms with Crippen LogP contribution in [0.5, 0.6) is 0 Å². The Morgan fingerprint density at radius 3 is 2.22 bits per heavy atom. The molecule has 0 atom stereocenters. The smallest absolute Gasteiger partial charge is 0.307 e. The van der Waals surface area contributed by atoms with E-state index in [-0.39, 0.29) is 13.0 Å². The zero-order valence-electron chi connectivity index (χ0n) is 15.8. The SMILES string of the molecule is CCCCCCCCCCOC(=O)CCNC(=O)c1ccc(F)c(F)c1F. The van der Waals surface area contributed by atoms with Gasteiger partial charge in [-0.2, -0.15) is 0 Å². The monoisotopic (exact) mass is 387 g/mol. The van der Waals surface area contributed by atoms with Crippen molar-refractivity contribution in [3.05, 3.63) is 35.1 Å². The molecule has 0 aliphatic rings. The number of hydrogen-bond donors (Lipinski definition) is 1. The van der Waals surface area contributed by atoms with Crippen LogP contribution in [0.2, 0.25) is 0 Å². The third-order valence-corrected chi connectivity index (χ3v) is 4.16. The van der Waals surface area contributed by atoms with E-state index < -0.39 is 34.9 Å². The number of rotatable bonds is 13.